The number of nitrogens with two attached hydrogens (primary N) is 1. The van der Waals surface area contributed by atoms with E-state index in [-0.39, 0.29) is 5.69 Å². The summed E-state index contributed by atoms with van der Waals surface area (Å²) in [5, 5.41) is 3.04. The summed E-state index contributed by atoms with van der Waals surface area (Å²) in [6.07, 6.45) is 1.38. The van der Waals surface area contributed by atoms with Crippen LogP contribution in [0.5, 0.6) is 0 Å². The molecule has 0 fully saturated rings. The van der Waals surface area contributed by atoms with Gasteiger partial charge in [0.25, 0.3) is 0 Å². The molecule has 4 nitrogen and oxygen atoms in total. The Bertz CT molecular complexity index is 708. The molecule has 0 bridgehead atoms. The van der Waals surface area contributed by atoms with Crippen molar-refractivity contribution in [3.8, 4) is 0 Å². The van der Waals surface area contributed by atoms with Crippen molar-refractivity contribution < 1.29 is 8.81 Å². The number of aromatic nitrogens is 1. The first-order valence-electron chi connectivity index (χ1n) is 5.38. The normalized spacial score (nSPS) is 10.7. The van der Waals surface area contributed by atoms with Crippen molar-refractivity contribution >= 4 is 28.2 Å². The molecule has 3 aromatic rings. The predicted molar refractivity (Wildman–Crippen MR) is 68.1 cm³/mol. The zero-order valence-corrected chi connectivity index (χ0v) is 9.35. The van der Waals surface area contributed by atoms with E-state index in [0.717, 1.165) is 11.2 Å². The van der Waals surface area contributed by atoms with Crippen molar-refractivity contribution in [2.75, 3.05) is 11.1 Å². The maximum Gasteiger partial charge on any atom is 0.181 e. The molecule has 0 atom stereocenters. The summed E-state index contributed by atoms with van der Waals surface area (Å²) in [6.45, 7) is 0. The van der Waals surface area contributed by atoms with E-state index < -0.39 is 5.82 Å². The fourth-order valence-electron chi connectivity index (χ4n) is 1.73. The van der Waals surface area contributed by atoms with E-state index in [1.807, 2.05) is 12.1 Å². The third kappa shape index (κ3) is 1.75. The molecule has 1 aromatic heterocycles. The number of para-hydroxylation sites is 1. The SMILES string of the molecule is Nc1c(F)cccc1Nc1ccc2ncoc2c1. The maximum absolute atomic E-state index is 13.3. The number of anilines is 3. The van der Waals surface area contributed by atoms with E-state index in [2.05, 4.69) is 10.3 Å². The number of nitrogen functional groups attached to an aromatic ring is 1. The summed E-state index contributed by atoms with van der Waals surface area (Å²) < 4.78 is 18.5. The Kier molecular flexibility index (Phi) is 2.37. The zero-order chi connectivity index (χ0) is 12.5. The summed E-state index contributed by atoms with van der Waals surface area (Å²) in [5.41, 5.74) is 8.46. The summed E-state index contributed by atoms with van der Waals surface area (Å²) in [7, 11) is 0. The van der Waals surface area contributed by atoms with Crippen LogP contribution in [-0.4, -0.2) is 4.98 Å². The number of nitrogens with one attached hydrogen (secondary N) is 1. The van der Waals surface area contributed by atoms with Gasteiger partial charge in [-0.05, 0) is 24.3 Å². The molecule has 0 unspecified atom stereocenters. The highest BCUT2D eigenvalue weighted by atomic mass is 19.1. The molecule has 3 rings (SSSR count). The molecule has 2 aromatic carbocycles. The van der Waals surface area contributed by atoms with Crippen molar-refractivity contribution in [1.29, 1.82) is 0 Å². The minimum Gasteiger partial charge on any atom is -0.443 e. The third-order valence-electron chi connectivity index (χ3n) is 2.66. The average Bonchev–Trinajstić information content (AvgIpc) is 2.82. The maximum atomic E-state index is 13.3. The number of nitrogens with zero attached hydrogens (tertiary/aromatic N) is 1. The van der Waals surface area contributed by atoms with E-state index in [1.165, 1.54) is 12.5 Å². The zero-order valence-electron chi connectivity index (χ0n) is 9.35. The molecule has 0 aliphatic rings. The Balaban J connectivity index is 1.98. The van der Waals surface area contributed by atoms with Crippen LogP contribution < -0.4 is 11.1 Å². The first-order valence-corrected chi connectivity index (χ1v) is 5.38. The highest BCUT2D eigenvalue weighted by Crippen LogP contribution is 2.26. The van der Waals surface area contributed by atoms with E-state index in [4.69, 9.17) is 10.2 Å². The first kappa shape index (κ1) is 10.6. The molecule has 90 valence electrons. The second-order valence-electron chi connectivity index (χ2n) is 3.86. The minimum absolute atomic E-state index is 0.0927. The second-order valence-corrected chi connectivity index (χ2v) is 3.86. The lowest BCUT2D eigenvalue weighted by atomic mass is 10.2. The molecular formula is C13H10FN3O. The Morgan fingerprint density at radius 2 is 2.11 bits per heavy atom. The first-order chi connectivity index (χ1) is 8.74. The smallest absolute Gasteiger partial charge is 0.181 e. The van der Waals surface area contributed by atoms with Crippen molar-refractivity contribution in [1.82, 2.24) is 4.98 Å². The van der Waals surface area contributed by atoms with Gasteiger partial charge in [0.1, 0.15) is 11.3 Å². The van der Waals surface area contributed by atoms with Gasteiger partial charge in [-0.15, -0.1) is 0 Å². The average molecular weight is 243 g/mol. The Hall–Kier alpha value is -2.56. The van der Waals surface area contributed by atoms with Gasteiger partial charge in [0.05, 0.1) is 11.4 Å². The van der Waals surface area contributed by atoms with Gasteiger partial charge in [0.2, 0.25) is 0 Å². The number of hydrogen-bond donors (Lipinski definition) is 2. The Morgan fingerprint density at radius 3 is 3.00 bits per heavy atom. The monoisotopic (exact) mass is 243 g/mol. The molecular weight excluding hydrogens is 233 g/mol. The molecule has 0 saturated heterocycles. The molecule has 0 spiro atoms. The Morgan fingerprint density at radius 1 is 1.22 bits per heavy atom. The highest BCUT2D eigenvalue weighted by molar-refractivity contribution is 5.80. The summed E-state index contributed by atoms with van der Waals surface area (Å²) in [6, 6.07) is 10.1. The van der Waals surface area contributed by atoms with Crippen LogP contribution in [0.2, 0.25) is 0 Å². The fourth-order valence-corrected chi connectivity index (χ4v) is 1.73. The van der Waals surface area contributed by atoms with E-state index in [1.54, 1.807) is 18.2 Å². The number of fused-ring (bicyclic) bond motifs is 1. The van der Waals surface area contributed by atoms with Crippen LogP contribution >= 0.6 is 0 Å². The van der Waals surface area contributed by atoms with E-state index in [0.29, 0.717) is 11.3 Å². The van der Waals surface area contributed by atoms with Gasteiger partial charge in [-0.25, -0.2) is 9.37 Å². The standard InChI is InChI=1S/C13H10FN3O/c14-9-2-1-3-11(13(9)15)17-8-4-5-10-12(6-8)18-7-16-10/h1-7,17H,15H2. The number of halogens is 1. The van der Waals surface area contributed by atoms with Gasteiger partial charge in [0.15, 0.2) is 12.0 Å². The molecule has 0 saturated carbocycles. The van der Waals surface area contributed by atoms with Crippen molar-refractivity contribution in [3.05, 3.63) is 48.6 Å². The van der Waals surface area contributed by atoms with Crippen LogP contribution in [0.3, 0.4) is 0 Å². The van der Waals surface area contributed by atoms with Crippen molar-refractivity contribution in [2.45, 2.75) is 0 Å². The fraction of sp³-hybridized carbons (Fsp3) is 0. The molecule has 1 heterocycles. The molecule has 0 aliphatic heterocycles. The van der Waals surface area contributed by atoms with Crippen LogP contribution in [0.4, 0.5) is 21.5 Å². The largest absolute Gasteiger partial charge is 0.443 e. The topological polar surface area (TPSA) is 64.1 Å². The van der Waals surface area contributed by atoms with Gasteiger partial charge in [0, 0.05) is 11.8 Å². The summed E-state index contributed by atoms with van der Waals surface area (Å²) >= 11 is 0. The van der Waals surface area contributed by atoms with Gasteiger partial charge in [-0.2, -0.15) is 0 Å². The minimum atomic E-state index is -0.444. The molecule has 0 amide bonds. The summed E-state index contributed by atoms with van der Waals surface area (Å²) in [4.78, 5) is 4.02. The van der Waals surface area contributed by atoms with E-state index >= 15 is 0 Å². The number of oxazole rings is 1. The number of hydrogen-bond acceptors (Lipinski definition) is 4. The van der Waals surface area contributed by atoms with Gasteiger partial charge >= 0.3 is 0 Å². The van der Waals surface area contributed by atoms with Crippen LogP contribution in [0.15, 0.2) is 47.2 Å². The van der Waals surface area contributed by atoms with Crippen LogP contribution in [0.1, 0.15) is 0 Å². The number of rotatable bonds is 2. The number of benzene rings is 2. The molecule has 3 N–H and O–H groups in total. The highest BCUT2D eigenvalue weighted by Gasteiger charge is 2.05. The van der Waals surface area contributed by atoms with Gasteiger partial charge < -0.3 is 15.5 Å². The van der Waals surface area contributed by atoms with Crippen molar-refractivity contribution in [3.63, 3.8) is 0 Å². The molecule has 5 heteroatoms. The van der Waals surface area contributed by atoms with Crippen molar-refractivity contribution in [2.24, 2.45) is 0 Å². The molecule has 0 aliphatic carbocycles. The molecule has 0 radical (unpaired) electrons. The summed E-state index contributed by atoms with van der Waals surface area (Å²) in [5.74, 6) is -0.444. The van der Waals surface area contributed by atoms with Crippen LogP contribution in [0, 0.1) is 5.82 Å². The lowest BCUT2D eigenvalue weighted by Crippen LogP contribution is -1.98. The third-order valence-corrected chi connectivity index (χ3v) is 2.66. The van der Waals surface area contributed by atoms with Gasteiger partial charge in [-0.3, -0.25) is 0 Å². The second kappa shape index (κ2) is 4.03. The van der Waals surface area contributed by atoms with E-state index in [9.17, 15) is 4.39 Å². The van der Waals surface area contributed by atoms with Gasteiger partial charge in [-0.1, -0.05) is 6.07 Å². The Labute approximate surface area is 102 Å². The predicted octanol–water partition coefficient (Wildman–Crippen LogP) is 3.29. The molecule has 18 heavy (non-hydrogen) atoms. The van der Waals surface area contributed by atoms with Crippen LogP contribution in [-0.2, 0) is 0 Å². The lowest BCUT2D eigenvalue weighted by molar-refractivity contribution is 0.602. The quantitative estimate of drug-likeness (QED) is 0.678. The lowest BCUT2D eigenvalue weighted by Gasteiger charge is -2.09. The van der Waals surface area contributed by atoms with Crippen LogP contribution in [0.25, 0.3) is 11.1 Å².